The molecule has 0 aliphatic heterocycles. The molecule has 0 aromatic carbocycles. The van der Waals surface area contributed by atoms with Gasteiger partial charge in [0.15, 0.2) is 0 Å². The molecule has 9 atom stereocenters. The summed E-state index contributed by atoms with van der Waals surface area (Å²) in [4.78, 5) is 12.1. The first-order chi connectivity index (χ1) is 12.3. The molecule has 5 heteroatoms. The number of carbonyl (C=O) groups is 1. The van der Waals surface area contributed by atoms with Gasteiger partial charge in [-0.1, -0.05) is 41.4 Å². The molecule has 3 saturated carbocycles. The Morgan fingerprint density at radius 1 is 1.35 bits per heavy atom. The Bertz CT molecular complexity index is 605. The Morgan fingerprint density at radius 2 is 2.12 bits per heavy atom. The quantitative estimate of drug-likeness (QED) is 0.402. The molecule has 0 aromatic heterocycles. The molecule has 2 N–H and O–H groups in total. The fraction of sp³-hybridized carbons (Fsp3) is 0.857. The van der Waals surface area contributed by atoms with Crippen LogP contribution in [0.5, 0.6) is 0 Å². The van der Waals surface area contributed by atoms with E-state index in [2.05, 4.69) is 28.9 Å². The highest BCUT2D eigenvalue weighted by atomic mass is 79.9. The third-order valence-electron chi connectivity index (χ3n) is 7.88. The number of alkyl halides is 1. The number of aliphatic hydroxyl groups is 2. The Balaban J connectivity index is 1.62. The highest BCUT2D eigenvalue weighted by Crippen LogP contribution is 2.63. The molecule has 3 fully saturated rings. The molecule has 3 unspecified atom stereocenters. The fourth-order valence-electron chi connectivity index (χ4n) is 6.64. The lowest BCUT2D eigenvalue weighted by atomic mass is 9.52. The second kappa shape index (κ2) is 6.89. The van der Waals surface area contributed by atoms with Gasteiger partial charge >= 0.3 is 5.97 Å². The Labute approximate surface area is 164 Å². The van der Waals surface area contributed by atoms with Gasteiger partial charge in [-0.2, -0.15) is 0 Å². The average molecular weight is 427 g/mol. The molecule has 4 aliphatic carbocycles. The van der Waals surface area contributed by atoms with E-state index in [1.165, 1.54) is 5.57 Å². The van der Waals surface area contributed by atoms with Gasteiger partial charge in [-0.25, -0.2) is 0 Å². The van der Waals surface area contributed by atoms with Crippen LogP contribution in [0.3, 0.4) is 0 Å². The predicted molar refractivity (Wildman–Crippen MR) is 103 cm³/mol. The van der Waals surface area contributed by atoms with Crippen molar-refractivity contribution in [1.82, 2.24) is 0 Å². The summed E-state index contributed by atoms with van der Waals surface area (Å²) in [7, 11) is 0. The van der Waals surface area contributed by atoms with E-state index in [1.54, 1.807) is 0 Å². The molecule has 26 heavy (non-hydrogen) atoms. The molecule has 0 spiro atoms. The van der Waals surface area contributed by atoms with Gasteiger partial charge in [0.1, 0.15) is 6.10 Å². The van der Waals surface area contributed by atoms with Crippen molar-refractivity contribution >= 4 is 21.9 Å². The van der Waals surface area contributed by atoms with Crippen molar-refractivity contribution in [2.75, 3.05) is 0 Å². The van der Waals surface area contributed by atoms with E-state index in [1.807, 2.05) is 6.92 Å². The van der Waals surface area contributed by atoms with Gasteiger partial charge in [0.25, 0.3) is 0 Å². The second-order valence-corrected chi connectivity index (χ2v) is 10.4. The standard InChI is InChI=1S/C21H31BrO4/c1-3-18(25)26-20-16(22)10-15-19-14(6-7-21(15,20)2)13-5-4-12(23)8-11(13)9-17(19)24/h9,12-17,19-20,23-24H,3-8,10H2,1-2H3/t12-,13-,14?,15?,16+,17-,19?,20-,21-/m0/s1. The molecular formula is C21H31BrO4. The van der Waals surface area contributed by atoms with Gasteiger partial charge in [-0.05, 0) is 62.2 Å². The Morgan fingerprint density at radius 3 is 2.85 bits per heavy atom. The summed E-state index contributed by atoms with van der Waals surface area (Å²) in [5, 5.41) is 21.0. The number of carbonyl (C=O) groups excluding carboxylic acids is 1. The van der Waals surface area contributed by atoms with Crippen LogP contribution < -0.4 is 0 Å². The smallest absolute Gasteiger partial charge is 0.305 e. The van der Waals surface area contributed by atoms with Crippen LogP contribution in [0, 0.1) is 29.1 Å². The van der Waals surface area contributed by atoms with E-state index < -0.39 is 6.10 Å². The van der Waals surface area contributed by atoms with Crippen molar-refractivity contribution in [2.45, 2.75) is 81.9 Å². The topological polar surface area (TPSA) is 66.8 Å². The Kier molecular flexibility index (Phi) is 5.02. The second-order valence-electron chi connectivity index (χ2n) is 9.18. The van der Waals surface area contributed by atoms with E-state index >= 15 is 0 Å². The summed E-state index contributed by atoms with van der Waals surface area (Å²) in [6.07, 6.45) is 7.38. The minimum absolute atomic E-state index is 0.0688. The lowest BCUT2D eigenvalue weighted by Gasteiger charge is -2.54. The summed E-state index contributed by atoms with van der Waals surface area (Å²) >= 11 is 3.79. The van der Waals surface area contributed by atoms with Crippen molar-refractivity contribution in [2.24, 2.45) is 29.1 Å². The van der Waals surface area contributed by atoms with Gasteiger partial charge in [0, 0.05) is 11.8 Å². The lowest BCUT2D eigenvalue weighted by Crippen LogP contribution is -2.52. The number of esters is 1. The number of halogens is 1. The number of fused-ring (bicyclic) bond motifs is 5. The van der Waals surface area contributed by atoms with E-state index in [9.17, 15) is 15.0 Å². The van der Waals surface area contributed by atoms with Crippen LogP contribution >= 0.6 is 15.9 Å². The van der Waals surface area contributed by atoms with Crippen molar-refractivity contribution in [3.63, 3.8) is 0 Å². The molecule has 0 aromatic rings. The van der Waals surface area contributed by atoms with Crippen molar-refractivity contribution in [1.29, 1.82) is 0 Å². The largest absolute Gasteiger partial charge is 0.461 e. The van der Waals surface area contributed by atoms with E-state index in [-0.39, 0.29) is 34.3 Å². The molecule has 0 amide bonds. The lowest BCUT2D eigenvalue weighted by molar-refractivity contribution is -0.159. The van der Waals surface area contributed by atoms with Crippen LogP contribution in [0.15, 0.2) is 11.6 Å². The monoisotopic (exact) mass is 426 g/mol. The van der Waals surface area contributed by atoms with Gasteiger partial charge in [-0.15, -0.1) is 0 Å². The third-order valence-corrected chi connectivity index (χ3v) is 8.74. The van der Waals surface area contributed by atoms with Crippen LogP contribution in [0.1, 0.15) is 58.8 Å². The molecule has 4 nitrogen and oxygen atoms in total. The van der Waals surface area contributed by atoms with Gasteiger partial charge < -0.3 is 14.9 Å². The molecule has 0 heterocycles. The maximum absolute atomic E-state index is 12.0. The molecule has 0 bridgehead atoms. The van der Waals surface area contributed by atoms with Crippen molar-refractivity contribution < 1.29 is 19.7 Å². The van der Waals surface area contributed by atoms with Crippen LogP contribution in [-0.2, 0) is 9.53 Å². The number of ether oxygens (including phenoxy) is 1. The SMILES string of the molecule is CCC(=O)O[C@H]1[C@H](Br)CC2C3C(CC[C@@]21C)[C@H]1CC[C@H](O)CC1=C[C@@H]3O. The van der Waals surface area contributed by atoms with E-state index in [0.717, 1.165) is 38.5 Å². The zero-order valence-electron chi connectivity index (χ0n) is 15.7. The summed E-state index contributed by atoms with van der Waals surface area (Å²) < 4.78 is 5.86. The maximum Gasteiger partial charge on any atom is 0.305 e. The van der Waals surface area contributed by atoms with Gasteiger partial charge in [-0.3, -0.25) is 4.79 Å². The minimum Gasteiger partial charge on any atom is -0.461 e. The Hall–Kier alpha value is -0.390. The highest BCUT2D eigenvalue weighted by Gasteiger charge is 2.61. The number of hydrogen-bond acceptors (Lipinski definition) is 4. The van der Waals surface area contributed by atoms with Crippen LogP contribution in [-0.4, -0.2) is 39.3 Å². The molecule has 4 rings (SSSR count). The van der Waals surface area contributed by atoms with Crippen molar-refractivity contribution in [3.05, 3.63) is 11.6 Å². The van der Waals surface area contributed by atoms with Crippen molar-refractivity contribution in [3.8, 4) is 0 Å². The minimum atomic E-state index is -0.443. The molecule has 146 valence electrons. The van der Waals surface area contributed by atoms with E-state index in [0.29, 0.717) is 24.2 Å². The normalized spacial score (nSPS) is 50.3. The predicted octanol–water partition coefficient (Wildman–Crippen LogP) is 3.59. The number of aliphatic hydroxyl groups excluding tert-OH is 2. The van der Waals surface area contributed by atoms with Crippen LogP contribution in [0.2, 0.25) is 0 Å². The maximum atomic E-state index is 12.0. The number of rotatable bonds is 2. The summed E-state index contributed by atoms with van der Waals surface area (Å²) in [5.74, 6) is 1.48. The zero-order valence-corrected chi connectivity index (χ0v) is 17.3. The molecule has 4 aliphatic rings. The third kappa shape index (κ3) is 2.89. The van der Waals surface area contributed by atoms with Gasteiger partial charge in [0.2, 0.25) is 0 Å². The highest BCUT2D eigenvalue weighted by molar-refractivity contribution is 9.09. The van der Waals surface area contributed by atoms with Crippen LogP contribution in [0.4, 0.5) is 0 Å². The first-order valence-corrected chi connectivity index (χ1v) is 11.2. The summed E-state index contributed by atoms with van der Waals surface area (Å²) in [5.41, 5.74) is 1.21. The molecular weight excluding hydrogens is 396 g/mol. The summed E-state index contributed by atoms with van der Waals surface area (Å²) in [6.45, 7) is 4.10. The van der Waals surface area contributed by atoms with Crippen LogP contribution in [0.25, 0.3) is 0 Å². The molecule has 0 saturated heterocycles. The fourth-order valence-corrected chi connectivity index (χ4v) is 7.76. The molecule has 0 radical (unpaired) electrons. The summed E-state index contributed by atoms with van der Waals surface area (Å²) in [6, 6.07) is 0. The van der Waals surface area contributed by atoms with E-state index in [4.69, 9.17) is 4.74 Å². The first kappa shape index (κ1) is 18.9. The number of hydrogen-bond donors (Lipinski definition) is 2. The first-order valence-electron chi connectivity index (χ1n) is 10.3. The zero-order chi connectivity index (χ0) is 18.6. The average Bonchev–Trinajstić information content (AvgIpc) is 2.85. The van der Waals surface area contributed by atoms with Gasteiger partial charge in [0.05, 0.1) is 17.0 Å².